The van der Waals surface area contributed by atoms with Gasteiger partial charge in [-0.25, -0.2) is 4.98 Å². The molecule has 156 valence electrons. The van der Waals surface area contributed by atoms with Crippen LogP contribution in [0, 0.1) is 6.92 Å². The second-order valence-electron chi connectivity index (χ2n) is 7.08. The first kappa shape index (κ1) is 21.2. The molecule has 7 heteroatoms. The van der Waals surface area contributed by atoms with Gasteiger partial charge in [-0.3, -0.25) is 14.2 Å². The predicted molar refractivity (Wildman–Crippen MR) is 126 cm³/mol. The zero-order valence-corrected chi connectivity index (χ0v) is 18.4. The van der Waals surface area contributed by atoms with Gasteiger partial charge < -0.3 is 5.32 Å². The predicted octanol–water partition coefficient (Wildman–Crippen LogP) is 4.76. The molecule has 0 unspecified atom stereocenters. The number of benzene rings is 3. The van der Waals surface area contributed by atoms with Crippen molar-refractivity contribution in [1.82, 2.24) is 14.9 Å². The molecule has 1 aromatic heterocycles. The number of fused-ring (bicyclic) bond motifs is 1. The van der Waals surface area contributed by atoms with Gasteiger partial charge in [0.1, 0.15) is 0 Å². The maximum absolute atomic E-state index is 13.2. The maximum Gasteiger partial charge on any atom is 0.266 e. The maximum atomic E-state index is 13.2. The van der Waals surface area contributed by atoms with E-state index < -0.39 is 0 Å². The van der Waals surface area contributed by atoms with E-state index in [9.17, 15) is 9.59 Å². The van der Waals surface area contributed by atoms with Crippen molar-refractivity contribution in [2.24, 2.45) is 0 Å². The Balaban J connectivity index is 1.59. The fourth-order valence-corrected chi connectivity index (χ4v) is 4.17. The lowest BCUT2D eigenvalue weighted by molar-refractivity contribution is -0.118. The number of halogens is 1. The number of amides is 1. The summed E-state index contributed by atoms with van der Waals surface area (Å²) in [7, 11) is 0. The van der Waals surface area contributed by atoms with Crippen molar-refractivity contribution in [3.05, 3.63) is 99.3 Å². The smallest absolute Gasteiger partial charge is 0.266 e. The van der Waals surface area contributed by atoms with Crippen LogP contribution in [-0.4, -0.2) is 21.2 Å². The van der Waals surface area contributed by atoms with Gasteiger partial charge in [-0.15, -0.1) is 0 Å². The minimum atomic E-state index is -0.199. The molecular formula is C24H20ClN3O2S. The Morgan fingerprint density at radius 3 is 2.61 bits per heavy atom. The molecule has 0 atom stereocenters. The van der Waals surface area contributed by atoms with E-state index in [1.807, 2.05) is 37.3 Å². The van der Waals surface area contributed by atoms with Crippen LogP contribution in [0.2, 0.25) is 5.02 Å². The summed E-state index contributed by atoms with van der Waals surface area (Å²) in [6.07, 6.45) is 0. The number of nitrogens with zero attached hydrogens (tertiary/aromatic N) is 2. The number of thioether (sulfide) groups is 1. The molecule has 0 saturated carbocycles. The highest BCUT2D eigenvalue weighted by Gasteiger charge is 2.15. The topological polar surface area (TPSA) is 64.0 Å². The standard InChI is InChI=1S/C24H20ClN3O2S/c1-16-9-11-17(12-10-16)14-26-22(29)15-31-24-27-21-8-3-2-7-20(21)23(30)28(24)19-6-4-5-18(25)13-19/h2-13H,14-15H2,1H3,(H,26,29). The van der Waals surface area contributed by atoms with Crippen LogP contribution in [0.3, 0.4) is 0 Å². The molecule has 0 fully saturated rings. The molecule has 1 heterocycles. The van der Waals surface area contributed by atoms with E-state index in [-0.39, 0.29) is 17.2 Å². The van der Waals surface area contributed by atoms with E-state index in [0.29, 0.717) is 33.3 Å². The summed E-state index contributed by atoms with van der Waals surface area (Å²) in [5, 5.41) is 4.38. The molecule has 1 amide bonds. The van der Waals surface area contributed by atoms with Crippen LogP contribution in [0.15, 0.2) is 82.7 Å². The van der Waals surface area contributed by atoms with Crippen LogP contribution in [0.4, 0.5) is 0 Å². The molecule has 0 aliphatic rings. The molecule has 0 spiro atoms. The zero-order chi connectivity index (χ0) is 21.8. The molecule has 0 radical (unpaired) electrons. The molecule has 3 aromatic carbocycles. The average molecular weight is 450 g/mol. The van der Waals surface area contributed by atoms with E-state index in [2.05, 4.69) is 10.3 Å². The number of para-hydroxylation sites is 1. The minimum absolute atomic E-state index is 0.134. The SMILES string of the molecule is Cc1ccc(CNC(=O)CSc2nc3ccccc3c(=O)n2-c2cccc(Cl)c2)cc1. The molecule has 0 aliphatic heterocycles. The number of aryl methyl sites for hydroxylation is 1. The Kier molecular flexibility index (Phi) is 6.39. The fourth-order valence-electron chi connectivity index (χ4n) is 3.14. The highest BCUT2D eigenvalue weighted by atomic mass is 35.5. The summed E-state index contributed by atoms with van der Waals surface area (Å²) in [5.74, 6) is 0.00244. The third kappa shape index (κ3) is 4.98. The first-order chi connectivity index (χ1) is 15.0. The monoisotopic (exact) mass is 449 g/mol. The van der Waals surface area contributed by atoms with Gasteiger partial charge in [0.2, 0.25) is 5.91 Å². The van der Waals surface area contributed by atoms with E-state index in [4.69, 9.17) is 11.6 Å². The van der Waals surface area contributed by atoms with E-state index in [1.165, 1.54) is 21.9 Å². The van der Waals surface area contributed by atoms with E-state index in [1.54, 1.807) is 42.5 Å². The van der Waals surface area contributed by atoms with Crippen molar-refractivity contribution in [3.8, 4) is 5.69 Å². The van der Waals surface area contributed by atoms with Gasteiger partial charge in [-0.1, -0.05) is 71.4 Å². The number of carbonyl (C=O) groups is 1. The third-order valence-electron chi connectivity index (χ3n) is 4.75. The number of carbonyl (C=O) groups excluding carboxylic acids is 1. The molecule has 0 saturated heterocycles. The summed E-state index contributed by atoms with van der Waals surface area (Å²) in [6.45, 7) is 2.47. The first-order valence-corrected chi connectivity index (χ1v) is 11.1. The molecule has 1 N–H and O–H groups in total. The number of rotatable bonds is 6. The lowest BCUT2D eigenvalue weighted by atomic mass is 10.1. The lowest BCUT2D eigenvalue weighted by Gasteiger charge is -2.13. The zero-order valence-electron chi connectivity index (χ0n) is 16.8. The summed E-state index contributed by atoms with van der Waals surface area (Å²) in [6, 6.07) is 22.2. The minimum Gasteiger partial charge on any atom is -0.351 e. The number of hydrogen-bond donors (Lipinski definition) is 1. The number of nitrogens with one attached hydrogen (secondary N) is 1. The summed E-state index contributed by atoms with van der Waals surface area (Å²) in [4.78, 5) is 30.3. The first-order valence-electron chi connectivity index (χ1n) is 9.74. The Labute approximate surface area is 189 Å². The molecule has 4 rings (SSSR count). The Bertz CT molecular complexity index is 1300. The second-order valence-corrected chi connectivity index (χ2v) is 8.46. The highest BCUT2D eigenvalue weighted by molar-refractivity contribution is 7.99. The van der Waals surface area contributed by atoms with Crippen LogP contribution in [0.25, 0.3) is 16.6 Å². The summed E-state index contributed by atoms with van der Waals surface area (Å²) >= 11 is 7.37. The number of hydrogen-bond acceptors (Lipinski definition) is 4. The van der Waals surface area contributed by atoms with Gasteiger partial charge in [0.25, 0.3) is 5.56 Å². The van der Waals surface area contributed by atoms with Gasteiger partial charge in [0.15, 0.2) is 5.16 Å². The van der Waals surface area contributed by atoms with Crippen molar-refractivity contribution >= 4 is 40.2 Å². The molecular weight excluding hydrogens is 430 g/mol. The van der Waals surface area contributed by atoms with Gasteiger partial charge in [-0.05, 0) is 42.8 Å². The Hall–Kier alpha value is -3.09. The Morgan fingerprint density at radius 2 is 1.84 bits per heavy atom. The van der Waals surface area contributed by atoms with E-state index in [0.717, 1.165) is 5.56 Å². The van der Waals surface area contributed by atoms with Gasteiger partial charge in [0.05, 0.1) is 22.3 Å². The molecule has 4 aromatic rings. The van der Waals surface area contributed by atoms with Crippen LogP contribution in [0.5, 0.6) is 0 Å². The van der Waals surface area contributed by atoms with Crippen LogP contribution >= 0.6 is 23.4 Å². The van der Waals surface area contributed by atoms with Gasteiger partial charge in [0, 0.05) is 11.6 Å². The van der Waals surface area contributed by atoms with Crippen LogP contribution < -0.4 is 10.9 Å². The van der Waals surface area contributed by atoms with Gasteiger partial charge in [-0.2, -0.15) is 0 Å². The van der Waals surface area contributed by atoms with Crippen molar-refractivity contribution in [1.29, 1.82) is 0 Å². The van der Waals surface area contributed by atoms with Crippen molar-refractivity contribution in [3.63, 3.8) is 0 Å². The molecule has 0 bridgehead atoms. The normalized spacial score (nSPS) is 10.9. The summed E-state index contributed by atoms with van der Waals surface area (Å²) < 4.78 is 1.51. The highest BCUT2D eigenvalue weighted by Crippen LogP contribution is 2.23. The lowest BCUT2D eigenvalue weighted by Crippen LogP contribution is -2.26. The van der Waals surface area contributed by atoms with Crippen molar-refractivity contribution in [2.45, 2.75) is 18.6 Å². The third-order valence-corrected chi connectivity index (χ3v) is 5.93. The molecule has 31 heavy (non-hydrogen) atoms. The average Bonchev–Trinajstić information content (AvgIpc) is 2.77. The van der Waals surface area contributed by atoms with Gasteiger partial charge >= 0.3 is 0 Å². The number of aromatic nitrogens is 2. The van der Waals surface area contributed by atoms with Crippen LogP contribution in [-0.2, 0) is 11.3 Å². The van der Waals surface area contributed by atoms with Crippen molar-refractivity contribution in [2.75, 3.05) is 5.75 Å². The molecule has 5 nitrogen and oxygen atoms in total. The fraction of sp³-hybridized carbons (Fsp3) is 0.125. The Morgan fingerprint density at radius 1 is 1.06 bits per heavy atom. The van der Waals surface area contributed by atoms with Crippen LogP contribution in [0.1, 0.15) is 11.1 Å². The quantitative estimate of drug-likeness (QED) is 0.340. The summed E-state index contributed by atoms with van der Waals surface area (Å²) in [5.41, 5.74) is 3.21. The van der Waals surface area contributed by atoms with Crippen molar-refractivity contribution < 1.29 is 4.79 Å². The second kappa shape index (κ2) is 9.37. The van der Waals surface area contributed by atoms with E-state index >= 15 is 0 Å². The molecule has 0 aliphatic carbocycles. The largest absolute Gasteiger partial charge is 0.351 e.